The van der Waals surface area contributed by atoms with Gasteiger partial charge in [0.1, 0.15) is 16.5 Å². The molecule has 6 nitrogen and oxygen atoms in total. The van der Waals surface area contributed by atoms with Crippen LogP contribution in [0.25, 0.3) is 22.0 Å². The van der Waals surface area contributed by atoms with Crippen LogP contribution in [0.15, 0.2) is 72.2 Å². The van der Waals surface area contributed by atoms with Crippen LogP contribution in [-0.2, 0) is 4.79 Å². The van der Waals surface area contributed by atoms with Gasteiger partial charge in [-0.3, -0.25) is 9.78 Å². The van der Waals surface area contributed by atoms with Crippen LogP contribution in [0.2, 0.25) is 0 Å². The van der Waals surface area contributed by atoms with Gasteiger partial charge in [-0.05, 0) is 67.8 Å². The van der Waals surface area contributed by atoms with Crippen molar-refractivity contribution in [2.45, 2.75) is 32.8 Å². The number of amides is 1. The molecule has 1 aliphatic heterocycles. The van der Waals surface area contributed by atoms with Crippen molar-refractivity contribution in [1.29, 1.82) is 0 Å². The molecule has 0 radical (unpaired) electrons. The van der Waals surface area contributed by atoms with E-state index in [1.54, 1.807) is 17.5 Å². The minimum atomic E-state index is -0.471. The molecule has 1 atom stereocenters. The third-order valence-electron chi connectivity index (χ3n) is 5.90. The van der Waals surface area contributed by atoms with E-state index < -0.39 is 6.10 Å². The molecular formula is C28H27N3O3S. The lowest BCUT2D eigenvalue weighted by molar-refractivity contribution is -0.126. The van der Waals surface area contributed by atoms with Gasteiger partial charge in [-0.15, -0.1) is 11.3 Å². The lowest BCUT2D eigenvalue weighted by Crippen LogP contribution is -2.46. The van der Waals surface area contributed by atoms with Crippen molar-refractivity contribution in [3.05, 3.63) is 77.8 Å². The predicted octanol–water partition coefficient (Wildman–Crippen LogP) is 6.15. The van der Waals surface area contributed by atoms with Gasteiger partial charge >= 0.3 is 0 Å². The van der Waals surface area contributed by atoms with Crippen molar-refractivity contribution in [3.63, 3.8) is 0 Å². The van der Waals surface area contributed by atoms with E-state index >= 15 is 0 Å². The fraction of sp³-hybridized carbons (Fsp3) is 0.250. The van der Waals surface area contributed by atoms with Crippen molar-refractivity contribution < 1.29 is 14.3 Å². The summed E-state index contributed by atoms with van der Waals surface area (Å²) in [5.41, 5.74) is 4.58. The van der Waals surface area contributed by atoms with Crippen molar-refractivity contribution in [1.82, 2.24) is 9.97 Å². The molecule has 0 saturated heterocycles. The SMILES string of the molecule is CCC1Oc2ccc(-c3csc(-c4ccccn4)n3)cc2N(CCCOc2cccc(C)c2)C1=O. The lowest BCUT2D eigenvalue weighted by atomic mass is 10.1. The van der Waals surface area contributed by atoms with E-state index in [9.17, 15) is 4.79 Å². The average Bonchev–Trinajstić information content (AvgIpc) is 3.38. The number of benzene rings is 2. The van der Waals surface area contributed by atoms with Gasteiger partial charge < -0.3 is 14.4 Å². The smallest absolute Gasteiger partial charge is 0.268 e. The summed E-state index contributed by atoms with van der Waals surface area (Å²) in [6.07, 6.45) is 2.63. The van der Waals surface area contributed by atoms with E-state index in [2.05, 4.69) is 4.98 Å². The standard InChI is InChI=1S/C28H27N3O3S/c1-3-25-28(32)31(14-7-15-33-21-9-6-8-19(2)16-21)24-17-20(11-12-26(24)34-25)23-18-35-27(30-23)22-10-4-5-13-29-22/h4-6,8-13,16-18,25H,3,7,14-15H2,1-2H3. The first-order valence-electron chi connectivity index (χ1n) is 11.8. The molecule has 4 aromatic rings. The molecule has 0 aliphatic carbocycles. The quantitative estimate of drug-likeness (QED) is 0.280. The van der Waals surface area contributed by atoms with E-state index in [1.807, 2.05) is 84.8 Å². The second kappa shape index (κ2) is 10.3. The largest absolute Gasteiger partial charge is 0.494 e. The number of thiazole rings is 1. The zero-order valence-electron chi connectivity index (χ0n) is 19.8. The van der Waals surface area contributed by atoms with Crippen LogP contribution >= 0.6 is 11.3 Å². The number of aromatic nitrogens is 2. The Morgan fingerprint density at radius 1 is 1.09 bits per heavy atom. The van der Waals surface area contributed by atoms with Crippen LogP contribution in [0.5, 0.6) is 11.5 Å². The van der Waals surface area contributed by atoms with Crippen molar-refractivity contribution in [3.8, 4) is 33.5 Å². The highest BCUT2D eigenvalue weighted by molar-refractivity contribution is 7.13. The first-order chi connectivity index (χ1) is 17.1. The van der Waals surface area contributed by atoms with Gasteiger partial charge in [0.05, 0.1) is 23.7 Å². The number of rotatable bonds is 8. The second-order valence-corrected chi connectivity index (χ2v) is 9.32. The first kappa shape index (κ1) is 23.1. The van der Waals surface area contributed by atoms with Crippen LogP contribution in [-0.4, -0.2) is 35.1 Å². The third-order valence-corrected chi connectivity index (χ3v) is 6.76. The predicted molar refractivity (Wildman–Crippen MR) is 139 cm³/mol. The Labute approximate surface area is 209 Å². The maximum absolute atomic E-state index is 13.2. The number of fused-ring (bicyclic) bond motifs is 1. The summed E-state index contributed by atoms with van der Waals surface area (Å²) in [7, 11) is 0. The molecule has 7 heteroatoms. The summed E-state index contributed by atoms with van der Waals surface area (Å²) >= 11 is 1.55. The number of hydrogen-bond acceptors (Lipinski definition) is 6. The van der Waals surface area contributed by atoms with E-state index in [-0.39, 0.29) is 5.91 Å². The normalized spacial score (nSPS) is 15.0. The monoisotopic (exact) mass is 485 g/mol. The fourth-order valence-corrected chi connectivity index (χ4v) is 4.91. The van der Waals surface area contributed by atoms with Crippen LogP contribution in [0.4, 0.5) is 5.69 Å². The molecule has 5 rings (SSSR count). The minimum absolute atomic E-state index is 0.0137. The molecule has 3 heterocycles. The van der Waals surface area contributed by atoms with Gasteiger partial charge in [-0.25, -0.2) is 4.98 Å². The minimum Gasteiger partial charge on any atom is -0.494 e. The van der Waals surface area contributed by atoms with Gasteiger partial charge in [0, 0.05) is 23.7 Å². The summed E-state index contributed by atoms with van der Waals surface area (Å²) in [5.74, 6) is 1.56. The van der Waals surface area contributed by atoms with Crippen LogP contribution in [0.1, 0.15) is 25.3 Å². The highest BCUT2D eigenvalue weighted by Crippen LogP contribution is 2.39. The molecule has 1 amide bonds. The third kappa shape index (κ3) is 5.05. The summed E-state index contributed by atoms with van der Waals surface area (Å²) in [6, 6.07) is 19.7. The van der Waals surface area contributed by atoms with Gasteiger partial charge in [0.15, 0.2) is 6.10 Å². The second-order valence-electron chi connectivity index (χ2n) is 8.46. The highest BCUT2D eigenvalue weighted by Gasteiger charge is 2.33. The average molecular weight is 486 g/mol. The number of anilines is 1. The van der Waals surface area contributed by atoms with Gasteiger partial charge in [0.2, 0.25) is 0 Å². The molecule has 2 aromatic carbocycles. The Bertz CT molecular complexity index is 1320. The maximum atomic E-state index is 13.2. The van der Waals surface area contributed by atoms with Gasteiger partial charge in [-0.2, -0.15) is 0 Å². The molecule has 0 saturated carbocycles. The number of hydrogen-bond donors (Lipinski definition) is 0. The number of aryl methyl sites for hydroxylation is 1. The molecule has 0 spiro atoms. The number of nitrogens with zero attached hydrogens (tertiary/aromatic N) is 3. The maximum Gasteiger partial charge on any atom is 0.268 e. The van der Waals surface area contributed by atoms with Crippen LogP contribution in [0, 0.1) is 6.92 Å². The molecule has 0 N–H and O–H groups in total. The zero-order chi connectivity index (χ0) is 24.2. The summed E-state index contributed by atoms with van der Waals surface area (Å²) < 4.78 is 11.9. The van der Waals surface area contributed by atoms with Crippen molar-refractivity contribution in [2.75, 3.05) is 18.1 Å². The Hall–Kier alpha value is -3.71. The zero-order valence-corrected chi connectivity index (χ0v) is 20.6. The number of ether oxygens (including phenoxy) is 2. The van der Waals surface area contributed by atoms with Crippen LogP contribution < -0.4 is 14.4 Å². The Morgan fingerprint density at radius 3 is 2.80 bits per heavy atom. The molecule has 2 aromatic heterocycles. The van der Waals surface area contributed by atoms with Crippen molar-refractivity contribution >= 4 is 22.9 Å². The summed E-state index contributed by atoms with van der Waals surface area (Å²) in [4.78, 5) is 24.2. The highest BCUT2D eigenvalue weighted by atomic mass is 32.1. The lowest BCUT2D eigenvalue weighted by Gasteiger charge is -2.34. The summed E-state index contributed by atoms with van der Waals surface area (Å²) in [5, 5.41) is 2.88. The van der Waals surface area contributed by atoms with E-state index in [4.69, 9.17) is 14.5 Å². The number of carbonyl (C=O) groups is 1. The summed E-state index contributed by atoms with van der Waals surface area (Å²) in [6.45, 7) is 5.09. The van der Waals surface area contributed by atoms with E-state index in [0.717, 1.165) is 44.7 Å². The van der Waals surface area contributed by atoms with E-state index in [1.165, 1.54) is 0 Å². The Kier molecular flexibility index (Phi) is 6.77. The molecule has 1 unspecified atom stereocenters. The first-order valence-corrected chi connectivity index (χ1v) is 12.7. The molecule has 1 aliphatic rings. The van der Waals surface area contributed by atoms with Gasteiger partial charge in [0.25, 0.3) is 5.91 Å². The molecule has 35 heavy (non-hydrogen) atoms. The molecule has 0 fully saturated rings. The Balaban J connectivity index is 1.35. The fourth-order valence-electron chi connectivity index (χ4n) is 4.10. The number of pyridine rings is 1. The Morgan fingerprint density at radius 2 is 2.00 bits per heavy atom. The molecule has 0 bridgehead atoms. The molecular weight excluding hydrogens is 458 g/mol. The van der Waals surface area contributed by atoms with Gasteiger partial charge in [-0.1, -0.05) is 25.1 Å². The van der Waals surface area contributed by atoms with Crippen LogP contribution in [0.3, 0.4) is 0 Å². The van der Waals surface area contributed by atoms with E-state index in [0.29, 0.717) is 26.0 Å². The number of carbonyl (C=O) groups excluding carboxylic acids is 1. The topological polar surface area (TPSA) is 64.6 Å². The molecule has 178 valence electrons. The van der Waals surface area contributed by atoms with Crippen molar-refractivity contribution in [2.24, 2.45) is 0 Å².